The van der Waals surface area contributed by atoms with Gasteiger partial charge in [-0.25, -0.2) is 9.97 Å². The lowest BCUT2D eigenvalue weighted by molar-refractivity contribution is -0.384. The van der Waals surface area contributed by atoms with Crippen LogP contribution in [0, 0.1) is 10.1 Å². The van der Waals surface area contributed by atoms with Gasteiger partial charge < -0.3 is 9.32 Å². The van der Waals surface area contributed by atoms with Crippen molar-refractivity contribution >= 4 is 11.5 Å². The normalized spacial score (nSPS) is 16.3. The minimum absolute atomic E-state index is 0.0575. The molecule has 20 heavy (non-hydrogen) atoms. The first-order valence-electron chi connectivity index (χ1n) is 6.49. The van der Waals surface area contributed by atoms with Gasteiger partial charge in [0, 0.05) is 31.3 Å². The van der Waals surface area contributed by atoms with Crippen LogP contribution in [0.1, 0.15) is 24.7 Å². The van der Waals surface area contributed by atoms with Crippen LogP contribution in [-0.2, 0) is 0 Å². The van der Waals surface area contributed by atoms with Crippen LogP contribution in [0.3, 0.4) is 0 Å². The third kappa shape index (κ3) is 2.34. The zero-order chi connectivity index (χ0) is 13.9. The molecule has 7 nitrogen and oxygen atoms in total. The molecule has 0 unspecified atom stereocenters. The minimum atomic E-state index is -0.386. The summed E-state index contributed by atoms with van der Waals surface area (Å²) in [7, 11) is 0. The van der Waals surface area contributed by atoms with Crippen molar-refractivity contribution in [1.82, 2.24) is 9.97 Å². The molecular weight excluding hydrogens is 260 g/mol. The fourth-order valence-electron chi connectivity index (χ4n) is 2.55. The van der Waals surface area contributed by atoms with Gasteiger partial charge in [-0.15, -0.1) is 0 Å². The van der Waals surface area contributed by atoms with Gasteiger partial charge in [0.1, 0.15) is 6.26 Å². The lowest BCUT2D eigenvalue weighted by Gasteiger charge is -2.30. The highest BCUT2D eigenvalue weighted by molar-refractivity contribution is 5.57. The lowest BCUT2D eigenvalue weighted by Crippen LogP contribution is -2.34. The van der Waals surface area contributed by atoms with Crippen LogP contribution in [-0.4, -0.2) is 28.0 Å². The molecule has 0 aliphatic carbocycles. The Kier molecular flexibility index (Phi) is 3.32. The molecule has 0 atom stereocenters. The highest BCUT2D eigenvalue weighted by atomic mass is 16.6. The number of nitrogens with zero attached hydrogens (tertiary/aromatic N) is 4. The smallest absolute Gasteiger partial charge is 0.311 e. The van der Waals surface area contributed by atoms with Crippen LogP contribution in [0.2, 0.25) is 0 Å². The van der Waals surface area contributed by atoms with E-state index in [0.717, 1.165) is 18.7 Å². The molecule has 3 heterocycles. The molecular formula is C13H14N4O3. The van der Waals surface area contributed by atoms with Crippen molar-refractivity contribution in [2.75, 3.05) is 18.0 Å². The Hall–Kier alpha value is -2.44. The van der Waals surface area contributed by atoms with E-state index in [0.29, 0.717) is 18.9 Å². The molecule has 1 aliphatic rings. The third-order valence-corrected chi connectivity index (χ3v) is 3.56. The molecule has 1 aliphatic heterocycles. The summed E-state index contributed by atoms with van der Waals surface area (Å²) in [5.41, 5.74) is 0.0575. The molecule has 1 fully saturated rings. The number of hydrogen-bond acceptors (Lipinski definition) is 6. The zero-order valence-electron chi connectivity index (χ0n) is 10.8. The van der Waals surface area contributed by atoms with Gasteiger partial charge in [0.05, 0.1) is 11.1 Å². The highest BCUT2D eigenvalue weighted by Crippen LogP contribution is 2.32. The van der Waals surface area contributed by atoms with Gasteiger partial charge >= 0.3 is 5.69 Å². The first-order valence-corrected chi connectivity index (χ1v) is 6.49. The highest BCUT2D eigenvalue weighted by Gasteiger charge is 2.27. The molecule has 0 N–H and O–H groups in total. The third-order valence-electron chi connectivity index (χ3n) is 3.56. The number of anilines is 1. The molecule has 1 saturated heterocycles. The number of aromatic nitrogens is 2. The summed E-state index contributed by atoms with van der Waals surface area (Å²) in [5.74, 6) is 1.48. The van der Waals surface area contributed by atoms with Gasteiger partial charge in [-0.2, -0.15) is 0 Å². The van der Waals surface area contributed by atoms with Gasteiger partial charge in [0.2, 0.25) is 5.82 Å². The van der Waals surface area contributed by atoms with Crippen LogP contribution in [0.5, 0.6) is 0 Å². The van der Waals surface area contributed by atoms with E-state index >= 15 is 0 Å². The number of rotatable bonds is 3. The van der Waals surface area contributed by atoms with Crippen molar-refractivity contribution in [2.45, 2.75) is 18.8 Å². The molecule has 0 amide bonds. The largest absolute Gasteiger partial charge is 0.449 e. The predicted molar refractivity (Wildman–Crippen MR) is 71.6 cm³/mol. The molecule has 0 aromatic carbocycles. The Morgan fingerprint density at radius 1 is 1.30 bits per heavy atom. The summed E-state index contributed by atoms with van der Waals surface area (Å²) in [6, 6.07) is 3.07. The minimum Gasteiger partial charge on any atom is -0.449 e. The average molecular weight is 274 g/mol. The number of nitro groups is 1. The maximum Gasteiger partial charge on any atom is 0.311 e. The molecule has 104 valence electrons. The fourth-order valence-corrected chi connectivity index (χ4v) is 2.55. The second-order valence-corrected chi connectivity index (χ2v) is 4.73. The van der Waals surface area contributed by atoms with Gasteiger partial charge in [0.15, 0.2) is 5.89 Å². The SMILES string of the molecule is O=[N+]([O-])c1cccnc1N1CCC(c2ncco2)CC1. The summed E-state index contributed by atoms with van der Waals surface area (Å²) >= 11 is 0. The predicted octanol–water partition coefficient (Wildman–Crippen LogP) is 2.36. The number of pyridine rings is 1. The lowest BCUT2D eigenvalue weighted by atomic mass is 9.97. The van der Waals surface area contributed by atoms with Crippen LogP contribution >= 0.6 is 0 Å². The maximum absolute atomic E-state index is 11.0. The second kappa shape index (κ2) is 5.28. The van der Waals surface area contributed by atoms with E-state index in [2.05, 4.69) is 9.97 Å². The van der Waals surface area contributed by atoms with E-state index in [1.54, 1.807) is 24.7 Å². The molecule has 0 radical (unpaired) electrons. The Labute approximate surface area is 115 Å². The van der Waals surface area contributed by atoms with E-state index in [9.17, 15) is 10.1 Å². The standard InChI is InChI=1S/C13H14N4O3/c18-17(19)11-2-1-5-14-12(11)16-7-3-10(4-8-16)13-15-6-9-20-13/h1-2,5-6,9-10H,3-4,7-8H2. The van der Waals surface area contributed by atoms with Crippen molar-refractivity contribution in [3.8, 4) is 0 Å². The van der Waals surface area contributed by atoms with Crippen molar-refractivity contribution in [3.63, 3.8) is 0 Å². The number of piperidine rings is 1. The molecule has 2 aromatic heterocycles. The van der Waals surface area contributed by atoms with E-state index in [1.807, 2.05) is 4.90 Å². The molecule has 0 saturated carbocycles. The summed E-state index contributed by atoms with van der Waals surface area (Å²) in [6.07, 6.45) is 6.52. The van der Waals surface area contributed by atoms with Crippen LogP contribution in [0.4, 0.5) is 11.5 Å². The van der Waals surface area contributed by atoms with E-state index in [4.69, 9.17) is 4.42 Å². The summed E-state index contributed by atoms with van der Waals surface area (Å²) in [6.45, 7) is 1.43. The van der Waals surface area contributed by atoms with Crippen LogP contribution in [0.25, 0.3) is 0 Å². The zero-order valence-corrected chi connectivity index (χ0v) is 10.8. The molecule has 0 bridgehead atoms. The van der Waals surface area contributed by atoms with Crippen LogP contribution < -0.4 is 4.90 Å². The first kappa shape index (κ1) is 12.6. The van der Waals surface area contributed by atoms with E-state index < -0.39 is 0 Å². The summed E-state index contributed by atoms with van der Waals surface area (Å²) in [5, 5.41) is 11.0. The number of hydrogen-bond donors (Lipinski definition) is 0. The summed E-state index contributed by atoms with van der Waals surface area (Å²) < 4.78 is 5.32. The first-order chi connectivity index (χ1) is 9.75. The molecule has 3 rings (SSSR count). The second-order valence-electron chi connectivity index (χ2n) is 4.73. The van der Waals surface area contributed by atoms with Crippen LogP contribution in [0.15, 0.2) is 35.2 Å². The molecule has 0 spiro atoms. The molecule has 2 aromatic rings. The van der Waals surface area contributed by atoms with Crippen molar-refractivity contribution in [3.05, 3.63) is 46.8 Å². The Morgan fingerprint density at radius 2 is 2.10 bits per heavy atom. The maximum atomic E-state index is 11.0. The monoisotopic (exact) mass is 274 g/mol. The Balaban J connectivity index is 1.74. The summed E-state index contributed by atoms with van der Waals surface area (Å²) in [4.78, 5) is 20.9. The van der Waals surface area contributed by atoms with Gasteiger partial charge in [-0.1, -0.05) is 0 Å². The number of oxazole rings is 1. The van der Waals surface area contributed by atoms with Crippen molar-refractivity contribution in [1.29, 1.82) is 0 Å². The Bertz CT molecular complexity index is 591. The van der Waals surface area contributed by atoms with Crippen molar-refractivity contribution in [2.24, 2.45) is 0 Å². The van der Waals surface area contributed by atoms with Gasteiger partial charge in [-0.05, 0) is 18.9 Å². The Morgan fingerprint density at radius 3 is 2.75 bits per heavy atom. The quantitative estimate of drug-likeness (QED) is 0.631. The fraction of sp³-hybridized carbons (Fsp3) is 0.385. The van der Waals surface area contributed by atoms with E-state index in [-0.39, 0.29) is 16.5 Å². The molecule has 7 heteroatoms. The average Bonchev–Trinajstić information content (AvgIpc) is 3.02. The van der Waals surface area contributed by atoms with Gasteiger partial charge in [-0.3, -0.25) is 10.1 Å². The van der Waals surface area contributed by atoms with E-state index in [1.165, 1.54) is 6.07 Å². The van der Waals surface area contributed by atoms with Gasteiger partial charge in [0.25, 0.3) is 0 Å². The van der Waals surface area contributed by atoms with Crippen molar-refractivity contribution < 1.29 is 9.34 Å². The topological polar surface area (TPSA) is 85.3 Å².